The van der Waals surface area contributed by atoms with Gasteiger partial charge in [-0.3, -0.25) is 14.5 Å². The number of aryl methyl sites for hydroxylation is 1. The van der Waals surface area contributed by atoms with Crippen molar-refractivity contribution in [2.45, 2.75) is 6.18 Å². The summed E-state index contributed by atoms with van der Waals surface area (Å²) >= 11 is 0. The van der Waals surface area contributed by atoms with E-state index in [0.29, 0.717) is 16.7 Å². The van der Waals surface area contributed by atoms with Crippen LogP contribution in [0.4, 0.5) is 30.6 Å². The molecule has 9 nitrogen and oxygen atoms in total. The number of anilines is 3. The van der Waals surface area contributed by atoms with Gasteiger partial charge in [0.1, 0.15) is 24.6 Å². The lowest BCUT2D eigenvalue weighted by Crippen LogP contribution is -2.41. The van der Waals surface area contributed by atoms with Crippen LogP contribution in [0.2, 0.25) is 0 Å². The van der Waals surface area contributed by atoms with Crippen molar-refractivity contribution in [2.24, 2.45) is 12.8 Å². The molecule has 0 radical (unpaired) electrons. The molecule has 2 amide bonds. The van der Waals surface area contributed by atoms with E-state index in [0.717, 1.165) is 17.0 Å². The number of hydrogen-bond acceptors (Lipinski definition) is 6. The van der Waals surface area contributed by atoms with Crippen molar-refractivity contribution in [1.82, 2.24) is 14.5 Å². The zero-order valence-electron chi connectivity index (χ0n) is 16.6. The molecule has 0 atom stereocenters. The van der Waals surface area contributed by atoms with Crippen LogP contribution in [-0.4, -0.2) is 46.6 Å². The summed E-state index contributed by atoms with van der Waals surface area (Å²) in [4.78, 5) is 33.5. The lowest BCUT2D eigenvalue weighted by molar-refractivity contribution is -0.137. The fraction of sp³-hybridized carbons (Fsp3) is 0.263. The Morgan fingerprint density at radius 1 is 1.19 bits per heavy atom. The van der Waals surface area contributed by atoms with Crippen molar-refractivity contribution in [3.05, 3.63) is 42.1 Å². The molecule has 2 heterocycles. The number of aromatic nitrogens is 3. The number of amides is 2. The molecule has 0 bridgehead atoms. The van der Waals surface area contributed by atoms with Crippen molar-refractivity contribution < 1.29 is 27.5 Å². The van der Waals surface area contributed by atoms with E-state index in [2.05, 4.69) is 15.3 Å². The first-order chi connectivity index (χ1) is 14.6. The van der Waals surface area contributed by atoms with Gasteiger partial charge in [-0.25, -0.2) is 0 Å². The predicted molar refractivity (Wildman–Crippen MR) is 107 cm³/mol. The molecule has 2 aromatic heterocycles. The number of rotatable bonds is 7. The van der Waals surface area contributed by atoms with Crippen LogP contribution in [0.3, 0.4) is 0 Å². The average Bonchev–Trinajstić information content (AvgIpc) is 3.07. The summed E-state index contributed by atoms with van der Waals surface area (Å²) in [5, 5.41) is 3.50. The third-order valence-corrected chi connectivity index (χ3v) is 4.31. The number of nitrogens with two attached hydrogens (primary N) is 1. The van der Waals surface area contributed by atoms with Gasteiger partial charge in [0.05, 0.1) is 10.9 Å². The highest BCUT2D eigenvalue weighted by molar-refractivity contribution is 5.99. The zero-order valence-corrected chi connectivity index (χ0v) is 16.6. The summed E-state index contributed by atoms with van der Waals surface area (Å²) in [6, 6.07) is 6.11. The Bertz CT molecular complexity index is 1110. The normalized spacial score (nSPS) is 11.5. The average molecular weight is 436 g/mol. The van der Waals surface area contributed by atoms with E-state index in [4.69, 9.17) is 10.5 Å². The summed E-state index contributed by atoms with van der Waals surface area (Å²) in [5.41, 5.74) is 5.24. The lowest BCUT2D eigenvalue weighted by Gasteiger charge is -2.20. The highest BCUT2D eigenvalue weighted by atomic mass is 19.4. The molecule has 12 heteroatoms. The van der Waals surface area contributed by atoms with Gasteiger partial charge in [0.2, 0.25) is 11.9 Å². The molecule has 31 heavy (non-hydrogen) atoms. The lowest BCUT2D eigenvalue weighted by atomic mass is 10.2. The number of benzene rings is 1. The van der Waals surface area contributed by atoms with Crippen molar-refractivity contribution in [3.8, 4) is 0 Å². The molecule has 0 unspecified atom stereocenters. The van der Waals surface area contributed by atoms with Gasteiger partial charge >= 0.3 is 6.18 Å². The Balaban J connectivity index is 2.04. The molecule has 0 saturated heterocycles. The van der Waals surface area contributed by atoms with E-state index in [9.17, 15) is 22.8 Å². The number of hydrogen-bond donors (Lipinski definition) is 2. The second-order valence-electron chi connectivity index (χ2n) is 6.62. The third kappa shape index (κ3) is 4.91. The molecule has 164 valence electrons. The smallest absolute Gasteiger partial charge is 0.375 e. The highest BCUT2D eigenvalue weighted by Gasteiger charge is 2.30. The minimum absolute atomic E-state index is 0.107. The minimum atomic E-state index is -4.45. The molecule has 0 spiro atoms. The summed E-state index contributed by atoms with van der Waals surface area (Å²) in [5.74, 6) is -1.24. The molecular weight excluding hydrogens is 417 g/mol. The van der Waals surface area contributed by atoms with Crippen LogP contribution in [0.5, 0.6) is 0 Å². The van der Waals surface area contributed by atoms with Gasteiger partial charge in [-0.15, -0.1) is 0 Å². The van der Waals surface area contributed by atoms with Crippen molar-refractivity contribution >= 4 is 40.3 Å². The number of alkyl halides is 3. The topological polar surface area (TPSA) is 115 Å². The number of carbonyl (C=O) groups excluding carboxylic acids is 2. The molecule has 1 aromatic carbocycles. The molecule has 3 rings (SSSR count). The van der Waals surface area contributed by atoms with Gasteiger partial charge in [-0.1, -0.05) is 0 Å². The highest BCUT2D eigenvalue weighted by Crippen LogP contribution is 2.31. The number of methoxy groups -OCH3 is 1. The van der Waals surface area contributed by atoms with Crippen LogP contribution in [0.15, 0.2) is 36.5 Å². The van der Waals surface area contributed by atoms with Crippen LogP contribution >= 0.6 is 0 Å². The van der Waals surface area contributed by atoms with Gasteiger partial charge < -0.3 is 20.4 Å². The maximum atomic E-state index is 12.8. The van der Waals surface area contributed by atoms with Gasteiger partial charge in [0.15, 0.2) is 0 Å². The van der Waals surface area contributed by atoms with Crippen LogP contribution in [0.25, 0.3) is 11.0 Å². The number of halogens is 3. The first-order valence-electron chi connectivity index (χ1n) is 8.95. The van der Waals surface area contributed by atoms with E-state index in [1.165, 1.54) is 19.2 Å². The quantitative estimate of drug-likeness (QED) is 0.587. The first kappa shape index (κ1) is 22.0. The molecular formula is C19H19F3N6O3. The van der Waals surface area contributed by atoms with E-state index >= 15 is 0 Å². The Morgan fingerprint density at radius 2 is 1.87 bits per heavy atom. The first-order valence-corrected chi connectivity index (χ1v) is 8.95. The largest absolute Gasteiger partial charge is 0.416 e. The fourth-order valence-electron chi connectivity index (χ4n) is 2.85. The fourth-order valence-corrected chi connectivity index (χ4v) is 2.85. The van der Waals surface area contributed by atoms with E-state index in [1.54, 1.807) is 23.9 Å². The summed E-state index contributed by atoms with van der Waals surface area (Å²) in [6.07, 6.45) is -2.75. The van der Waals surface area contributed by atoms with Crippen LogP contribution in [0.1, 0.15) is 5.56 Å². The van der Waals surface area contributed by atoms with Gasteiger partial charge in [-0.05, 0) is 30.3 Å². The van der Waals surface area contributed by atoms with Crippen molar-refractivity contribution in [3.63, 3.8) is 0 Å². The van der Waals surface area contributed by atoms with Crippen molar-refractivity contribution in [1.29, 1.82) is 0 Å². The monoisotopic (exact) mass is 436 g/mol. The molecule has 0 aliphatic heterocycles. The Hall–Kier alpha value is -3.67. The standard InChI is InChI=1S/C19H19F3N6O3/c1-27-8-7-13-16(24-12-5-3-11(4-6-12)19(20,21)22)25-18(26-17(13)27)28(9-14(23)29)15(30)10-31-2/h3-8H,9-10H2,1-2H3,(H2,23,29)(H,24,25,26). The van der Waals surface area contributed by atoms with Gasteiger partial charge in [0, 0.05) is 26.0 Å². The number of ether oxygens (including phenoxy) is 1. The van der Waals surface area contributed by atoms with E-state index in [-0.39, 0.29) is 18.4 Å². The van der Waals surface area contributed by atoms with Gasteiger partial charge in [0.25, 0.3) is 5.91 Å². The number of carbonyl (C=O) groups is 2. The molecule has 0 fully saturated rings. The predicted octanol–water partition coefficient (Wildman–Crippen LogP) is 2.20. The zero-order chi connectivity index (χ0) is 22.8. The van der Waals surface area contributed by atoms with Crippen molar-refractivity contribution in [2.75, 3.05) is 30.5 Å². The number of nitrogens with one attached hydrogen (secondary N) is 1. The number of fused-ring (bicyclic) bond motifs is 1. The maximum absolute atomic E-state index is 12.8. The van der Waals surface area contributed by atoms with Gasteiger partial charge in [-0.2, -0.15) is 23.1 Å². The molecule has 0 saturated carbocycles. The molecule has 0 aliphatic carbocycles. The van der Waals surface area contributed by atoms with Crippen LogP contribution in [-0.2, 0) is 27.5 Å². The molecule has 3 N–H and O–H groups in total. The van der Waals surface area contributed by atoms with Crippen LogP contribution in [0, 0.1) is 0 Å². The summed E-state index contributed by atoms with van der Waals surface area (Å²) in [6.45, 7) is -0.804. The molecule has 0 aliphatic rings. The number of primary amides is 1. The van der Waals surface area contributed by atoms with E-state index < -0.39 is 30.1 Å². The Labute approximate surface area is 174 Å². The Kier molecular flexibility index (Phi) is 6.11. The maximum Gasteiger partial charge on any atom is 0.416 e. The van der Waals surface area contributed by atoms with Crippen LogP contribution < -0.4 is 16.0 Å². The third-order valence-electron chi connectivity index (χ3n) is 4.31. The summed E-state index contributed by atoms with van der Waals surface area (Å²) < 4.78 is 44.9. The second kappa shape index (κ2) is 8.60. The SMILES string of the molecule is COCC(=O)N(CC(N)=O)c1nc(Nc2ccc(C(F)(F)F)cc2)c2ccn(C)c2n1. The minimum Gasteiger partial charge on any atom is -0.375 e. The molecule has 3 aromatic rings. The second-order valence-corrected chi connectivity index (χ2v) is 6.62. The Morgan fingerprint density at radius 3 is 2.45 bits per heavy atom. The number of nitrogens with zero attached hydrogens (tertiary/aromatic N) is 4. The summed E-state index contributed by atoms with van der Waals surface area (Å²) in [7, 11) is 3.04. The van der Waals surface area contributed by atoms with E-state index in [1.807, 2.05) is 0 Å².